The smallest absolute Gasteiger partial charge is 0.154 e. The van der Waals surface area contributed by atoms with Gasteiger partial charge in [0.05, 0.1) is 5.56 Å². The zero-order valence-electron chi connectivity index (χ0n) is 9.39. The van der Waals surface area contributed by atoms with Gasteiger partial charge in [0.1, 0.15) is 11.3 Å². The average Bonchev–Trinajstić information content (AvgIpc) is 2.78. The first-order chi connectivity index (χ1) is 8.79. The summed E-state index contributed by atoms with van der Waals surface area (Å²) in [5.41, 5.74) is 2.13. The van der Waals surface area contributed by atoms with Crippen LogP contribution in [0, 0.1) is 0 Å². The van der Waals surface area contributed by atoms with E-state index in [1.807, 2.05) is 36.4 Å². The minimum atomic E-state index is 0.577. The summed E-state index contributed by atoms with van der Waals surface area (Å²) in [4.78, 5) is 11.3. The number of hydrogen-bond donors (Lipinski definition) is 0. The molecule has 18 heavy (non-hydrogen) atoms. The Hall–Kier alpha value is -2.06. The quantitative estimate of drug-likeness (QED) is 0.629. The highest BCUT2D eigenvalue weighted by atomic mass is 35.5. The van der Waals surface area contributed by atoms with E-state index in [2.05, 4.69) is 0 Å². The summed E-state index contributed by atoms with van der Waals surface area (Å²) < 4.78 is 5.74. The Balaban J connectivity index is 2.28. The molecule has 0 saturated carbocycles. The lowest BCUT2D eigenvalue weighted by Crippen LogP contribution is -1.82. The Morgan fingerprint density at radius 1 is 1.00 bits per heavy atom. The molecule has 0 aliphatic heterocycles. The number of hydrogen-bond acceptors (Lipinski definition) is 2. The van der Waals surface area contributed by atoms with E-state index in [1.54, 1.807) is 12.1 Å². The number of carbonyl (C=O) groups excluding carboxylic acids is 1. The molecule has 0 aliphatic carbocycles. The molecular formula is C15H9ClO2. The zero-order valence-corrected chi connectivity index (χ0v) is 10.1. The lowest BCUT2D eigenvalue weighted by molar-refractivity contribution is 0.112. The van der Waals surface area contributed by atoms with Gasteiger partial charge in [-0.1, -0.05) is 29.8 Å². The number of carbonyl (C=O) groups is 1. The van der Waals surface area contributed by atoms with E-state index < -0.39 is 0 Å². The Kier molecular flexibility index (Phi) is 2.65. The topological polar surface area (TPSA) is 30.2 Å². The van der Waals surface area contributed by atoms with Gasteiger partial charge in [-0.05, 0) is 30.3 Å². The summed E-state index contributed by atoms with van der Waals surface area (Å²) in [7, 11) is 0. The maximum Gasteiger partial charge on any atom is 0.154 e. The highest BCUT2D eigenvalue weighted by Gasteiger charge is 2.14. The number of rotatable bonds is 2. The van der Waals surface area contributed by atoms with E-state index in [-0.39, 0.29) is 0 Å². The standard InChI is InChI=1S/C15H9ClO2/c16-11-7-5-10(6-8-11)15-13(9-17)12-3-1-2-4-14(12)18-15/h1-9H. The van der Waals surface area contributed by atoms with Crippen LogP contribution in [-0.4, -0.2) is 6.29 Å². The number of fused-ring (bicyclic) bond motifs is 1. The fourth-order valence-electron chi connectivity index (χ4n) is 2.00. The number of aldehydes is 1. The fourth-order valence-corrected chi connectivity index (χ4v) is 2.12. The molecule has 0 atom stereocenters. The lowest BCUT2D eigenvalue weighted by atomic mass is 10.1. The Morgan fingerprint density at radius 2 is 1.72 bits per heavy atom. The van der Waals surface area contributed by atoms with Crippen LogP contribution < -0.4 is 0 Å². The molecule has 3 heteroatoms. The molecule has 0 N–H and O–H groups in total. The molecule has 0 bridgehead atoms. The molecule has 88 valence electrons. The van der Waals surface area contributed by atoms with Crippen molar-refractivity contribution in [3.63, 3.8) is 0 Å². The van der Waals surface area contributed by atoms with Gasteiger partial charge in [0.15, 0.2) is 6.29 Å². The molecule has 1 heterocycles. The van der Waals surface area contributed by atoms with E-state index in [1.165, 1.54) is 0 Å². The fraction of sp³-hybridized carbons (Fsp3) is 0. The third-order valence-corrected chi connectivity index (χ3v) is 3.11. The molecule has 0 radical (unpaired) electrons. The lowest BCUT2D eigenvalue weighted by Gasteiger charge is -1.97. The van der Waals surface area contributed by atoms with Gasteiger partial charge in [0, 0.05) is 16.0 Å². The second-order valence-corrected chi connectivity index (χ2v) is 4.40. The third-order valence-electron chi connectivity index (χ3n) is 2.86. The maximum atomic E-state index is 11.3. The van der Waals surface area contributed by atoms with Gasteiger partial charge in [-0.3, -0.25) is 4.79 Å². The van der Waals surface area contributed by atoms with Crippen molar-refractivity contribution in [1.82, 2.24) is 0 Å². The van der Waals surface area contributed by atoms with Crippen LogP contribution >= 0.6 is 11.6 Å². The third kappa shape index (κ3) is 1.71. The Labute approximate surface area is 109 Å². The number of para-hydroxylation sites is 1. The van der Waals surface area contributed by atoms with Crippen LogP contribution in [-0.2, 0) is 0 Å². The average molecular weight is 257 g/mol. The summed E-state index contributed by atoms with van der Waals surface area (Å²) in [6, 6.07) is 14.7. The summed E-state index contributed by atoms with van der Waals surface area (Å²) in [6.45, 7) is 0. The summed E-state index contributed by atoms with van der Waals surface area (Å²) in [6.07, 6.45) is 0.829. The molecule has 3 aromatic rings. The van der Waals surface area contributed by atoms with E-state index in [9.17, 15) is 4.79 Å². The number of halogens is 1. The van der Waals surface area contributed by atoms with Crippen LogP contribution in [0.25, 0.3) is 22.3 Å². The van der Waals surface area contributed by atoms with Crippen LogP contribution in [0.5, 0.6) is 0 Å². The van der Waals surface area contributed by atoms with Gasteiger partial charge in [-0.2, -0.15) is 0 Å². The predicted octanol–water partition coefficient (Wildman–Crippen LogP) is 4.57. The highest BCUT2D eigenvalue weighted by Crippen LogP contribution is 2.32. The second kappa shape index (κ2) is 4.31. The molecule has 0 spiro atoms. The molecule has 2 aromatic carbocycles. The molecule has 0 aliphatic rings. The van der Waals surface area contributed by atoms with Crippen LogP contribution in [0.2, 0.25) is 5.02 Å². The Bertz CT molecular complexity index is 711. The van der Waals surface area contributed by atoms with E-state index in [0.717, 1.165) is 17.2 Å². The molecule has 0 fully saturated rings. The van der Waals surface area contributed by atoms with E-state index in [4.69, 9.17) is 16.0 Å². The monoisotopic (exact) mass is 256 g/mol. The van der Waals surface area contributed by atoms with Gasteiger partial charge in [0.2, 0.25) is 0 Å². The van der Waals surface area contributed by atoms with Gasteiger partial charge in [0.25, 0.3) is 0 Å². The van der Waals surface area contributed by atoms with Crippen molar-refractivity contribution in [2.75, 3.05) is 0 Å². The van der Waals surface area contributed by atoms with Crippen molar-refractivity contribution in [2.24, 2.45) is 0 Å². The van der Waals surface area contributed by atoms with Crippen molar-refractivity contribution in [2.45, 2.75) is 0 Å². The molecular weight excluding hydrogens is 248 g/mol. The van der Waals surface area contributed by atoms with Crippen molar-refractivity contribution in [3.05, 3.63) is 59.1 Å². The molecule has 0 amide bonds. The predicted molar refractivity (Wildman–Crippen MR) is 72.0 cm³/mol. The largest absolute Gasteiger partial charge is 0.455 e. The van der Waals surface area contributed by atoms with Crippen LogP contribution in [0.3, 0.4) is 0 Å². The number of furan rings is 1. The molecule has 0 saturated heterocycles. The first-order valence-corrected chi connectivity index (χ1v) is 5.90. The molecule has 1 aromatic heterocycles. The normalized spacial score (nSPS) is 10.7. The van der Waals surface area contributed by atoms with Gasteiger partial charge < -0.3 is 4.42 Å². The van der Waals surface area contributed by atoms with Gasteiger partial charge >= 0.3 is 0 Å². The minimum Gasteiger partial charge on any atom is -0.455 e. The minimum absolute atomic E-state index is 0.577. The Morgan fingerprint density at radius 3 is 2.44 bits per heavy atom. The van der Waals surface area contributed by atoms with Crippen LogP contribution in [0.4, 0.5) is 0 Å². The SMILES string of the molecule is O=Cc1c(-c2ccc(Cl)cc2)oc2ccccc12. The molecule has 0 unspecified atom stereocenters. The van der Waals surface area contributed by atoms with Gasteiger partial charge in [-0.25, -0.2) is 0 Å². The van der Waals surface area contributed by atoms with Crippen molar-refractivity contribution in [3.8, 4) is 11.3 Å². The van der Waals surface area contributed by atoms with Crippen LogP contribution in [0.1, 0.15) is 10.4 Å². The summed E-state index contributed by atoms with van der Waals surface area (Å²) in [5, 5.41) is 1.49. The molecule has 3 rings (SSSR count). The van der Waals surface area contributed by atoms with Crippen molar-refractivity contribution >= 4 is 28.9 Å². The van der Waals surface area contributed by atoms with E-state index >= 15 is 0 Å². The second-order valence-electron chi connectivity index (χ2n) is 3.97. The van der Waals surface area contributed by atoms with Crippen molar-refractivity contribution in [1.29, 1.82) is 0 Å². The summed E-state index contributed by atoms with van der Waals surface area (Å²) in [5.74, 6) is 0.586. The zero-order chi connectivity index (χ0) is 12.5. The number of benzene rings is 2. The van der Waals surface area contributed by atoms with Gasteiger partial charge in [-0.15, -0.1) is 0 Å². The molecule has 2 nitrogen and oxygen atoms in total. The van der Waals surface area contributed by atoms with E-state index in [0.29, 0.717) is 21.9 Å². The first kappa shape index (κ1) is 11.1. The van der Waals surface area contributed by atoms with Crippen LogP contribution in [0.15, 0.2) is 52.9 Å². The maximum absolute atomic E-state index is 11.3. The van der Waals surface area contributed by atoms with Crippen molar-refractivity contribution < 1.29 is 9.21 Å². The first-order valence-electron chi connectivity index (χ1n) is 5.52. The highest BCUT2D eigenvalue weighted by molar-refractivity contribution is 6.30. The summed E-state index contributed by atoms with van der Waals surface area (Å²) >= 11 is 5.85.